The summed E-state index contributed by atoms with van der Waals surface area (Å²) in [5.74, 6) is -0.653. The van der Waals surface area contributed by atoms with Crippen LogP contribution < -0.4 is 0 Å². The van der Waals surface area contributed by atoms with Crippen LogP contribution >= 0.6 is 0 Å². The SMILES string of the molecule is CCCCCCCCCCCCCCCCCC(=O)O.OCC(O)CO.OCC(O)CO.OCC(O)CO.OCC(O)CO.OCC(O)CO.OCC(O)CO. The smallest absolute Gasteiger partial charge is 0.303 e. The number of hydrogen-bond donors (Lipinski definition) is 19. The van der Waals surface area contributed by atoms with Crippen molar-refractivity contribution < 1.29 is 102 Å². The maximum atomic E-state index is 10.3. The third-order valence-corrected chi connectivity index (χ3v) is 6.52. The van der Waals surface area contributed by atoms with Crippen molar-refractivity contribution in [3.63, 3.8) is 0 Å². The minimum atomic E-state index is -0.954. The van der Waals surface area contributed by atoms with Gasteiger partial charge in [-0.2, -0.15) is 0 Å². The highest BCUT2D eigenvalue weighted by molar-refractivity contribution is 5.66. The van der Waals surface area contributed by atoms with E-state index in [1.807, 2.05) is 0 Å². The van der Waals surface area contributed by atoms with Gasteiger partial charge in [0.25, 0.3) is 0 Å². The molecular formula is C36H84O20. The van der Waals surface area contributed by atoms with Gasteiger partial charge in [0.15, 0.2) is 0 Å². The fourth-order valence-electron chi connectivity index (χ4n) is 2.99. The second-order valence-electron chi connectivity index (χ2n) is 12.2. The minimum absolute atomic E-state index is 0.345. The molecule has 0 aliphatic rings. The second kappa shape index (κ2) is 65.6. The van der Waals surface area contributed by atoms with E-state index < -0.39 is 42.6 Å². The van der Waals surface area contributed by atoms with Crippen LogP contribution in [-0.4, -0.2) is 219 Å². The minimum Gasteiger partial charge on any atom is -0.481 e. The predicted octanol–water partition coefficient (Wildman–Crippen LogP) is -3.68. The average molecular weight is 837 g/mol. The zero-order valence-corrected chi connectivity index (χ0v) is 33.7. The summed E-state index contributed by atoms with van der Waals surface area (Å²) in [7, 11) is 0. The van der Waals surface area contributed by atoms with E-state index in [0.717, 1.165) is 12.8 Å². The molecule has 56 heavy (non-hydrogen) atoms. The summed E-state index contributed by atoms with van der Waals surface area (Å²) in [6.45, 7) is -2.10. The Labute approximate surface area is 333 Å². The Hall–Kier alpha value is -1.25. The normalized spacial score (nSPS) is 10.3. The quantitative estimate of drug-likeness (QED) is 0.0337. The summed E-state index contributed by atoms with van der Waals surface area (Å²) in [5, 5.41) is 153. The van der Waals surface area contributed by atoms with Crippen molar-refractivity contribution >= 4 is 5.97 Å². The molecule has 20 nitrogen and oxygen atoms in total. The standard InChI is InChI=1S/C18H36O2.6C3H8O3/c1-2-3-4-5-6-7-8-9-10-11-12-13-14-15-16-17-18(19)20;6*4-1-3(6)2-5/h2-17H2,1H3,(H,19,20);6*3-6H,1-2H2. The zero-order chi connectivity index (χ0) is 44.8. The number of carboxylic acid groups (broad SMARTS) is 1. The maximum absolute atomic E-state index is 10.3. The van der Waals surface area contributed by atoms with Crippen LogP contribution in [0.5, 0.6) is 0 Å². The van der Waals surface area contributed by atoms with Crippen LogP contribution in [-0.2, 0) is 4.79 Å². The summed E-state index contributed by atoms with van der Waals surface area (Å²) in [6, 6.07) is 0. The van der Waals surface area contributed by atoms with Crippen molar-refractivity contribution in [3.8, 4) is 0 Å². The van der Waals surface area contributed by atoms with Crippen molar-refractivity contribution in [2.45, 2.75) is 146 Å². The monoisotopic (exact) mass is 837 g/mol. The molecule has 348 valence electrons. The molecule has 19 N–H and O–H groups in total. The molecule has 0 unspecified atom stereocenters. The van der Waals surface area contributed by atoms with Crippen LogP contribution in [0.25, 0.3) is 0 Å². The average Bonchev–Trinajstić information content (AvgIpc) is 3.24. The van der Waals surface area contributed by atoms with Crippen LogP contribution in [0.1, 0.15) is 110 Å². The third-order valence-electron chi connectivity index (χ3n) is 6.52. The van der Waals surface area contributed by atoms with Gasteiger partial charge in [0.05, 0.1) is 79.3 Å². The zero-order valence-electron chi connectivity index (χ0n) is 33.7. The number of aliphatic hydroxyl groups is 18. The fraction of sp³-hybridized carbons (Fsp3) is 0.972. The van der Waals surface area contributed by atoms with E-state index in [2.05, 4.69) is 6.92 Å². The van der Waals surface area contributed by atoms with E-state index in [9.17, 15) is 4.79 Å². The molecule has 0 saturated heterocycles. The fourth-order valence-corrected chi connectivity index (χ4v) is 2.99. The van der Waals surface area contributed by atoms with Gasteiger partial charge in [-0.25, -0.2) is 0 Å². The molecule has 0 atom stereocenters. The predicted molar refractivity (Wildman–Crippen MR) is 208 cm³/mol. The molecule has 0 aromatic rings. The van der Waals surface area contributed by atoms with E-state index in [1.165, 1.54) is 83.5 Å². The van der Waals surface area contributed by atoms with Crippen molar-refractivity contribution in [2.24, 2.45) is 0 Å². The van der Waals surface area contributed by atoms with E-state index in [0.29, 0.717) is 6.42 Å². The van der Waals surface area contributed by atoms with Crippen molar-refractivity contribution in [2.75, 3.05) is 79.3 Å². The number of carboxylic acids is 1. The lowest BCUT2D eigenvalue weighted by Crippen LogP contribution is -2.15. The molecule has 0 heterocycles. The molecule has 0 fully saturated rings. The van der Waals surface area contributed by atoms with E-state index in [1.54, 1.807) is 0 Å². The van der Waals surface area contributed by atoms with Crippen LogP contribution in [0.3, 0.4) is 0 Å². The number of rotatable bonds is 28. The highest BCUT2D eigenvalue weighted by Gasteiger charge is 1.98. The summed E-state index contributed by atoms with van der Waals surface area (Å²) < 4.78 is 0. The molecular weight excluding hydrogens is 752 g/mol. The number of unbranched alkanes of at least 4 members (excludes halogenated alkanes) is 14. The van der Waals surface area contributed by atoms with Gasteiger partial charge >= 0.3 is 5.97 Å². The summed E-state index contributed by atoms with van der Waals surface area (Å²) >= 11 is 0. The number of aliphatic carboxylic acids is 1. The first-order chi connectivity index (χ1) is 26.6. The first-order valence-corrected chi connectivity index (χ1v) is 19.2. The van der Waals surface area contributed by atoms with Gasteiger partial charge in [0.2, 0.25) is 0 Å². The van der Waals surface area contributed by atoms with Gasteiger partial charge in [-0.05, 0) is 6.42 Å². The lowest BCUT2D eigenvalue weighted by molar-refractivity contribution is -0.137. The van der Waals surface area contributed by atoms with Gasteiger partial charge in [0, 0.05) is 6.42 Å². The van der Waals surface area contributed by atoms with Gasteiger partial charge in [-0.3, -0.25) is 4.79 Å². The van der Waals surface area contributed by atoms with Crippen LogP contribution in [0, 0.1) is 0 Å². The summed E-state index contributed by atoms with van der Waals surface area (Å²) in [5.41, 5.74) is 0. The lowest BCUT2D eigenvalue weighted by Gasteiger charge is -2.03. The van der Waals surface area contributed by atoms with Gasteiger partial charge < -0.3 is 97.0 Å². The molecule has 0 radical (unpaired) electrons. The Bertz CT molecular complexity index is 540. The second-order valence-corrected chi connectivity index (χ2v) is 12.2. The van der Waals surface area contributed by atoms with E-state index in [-0.39, 0.29) is 79.3 Å². The van der Waals surface area contributed by atoms with Crippen LogP contribution in [0.4, 0.5) is 0 Å². The largest absolute Gasteiger partial charge is 0.481 e. The summed E-state index contributed by atoms with van der Waals surface area (Å²) in [4.78, 5) is 10.3. The Kier molecular flexibility index (Phi) is 81.3. The Morgan fingerprint density at radius 3 is 0.554 bits per heavy atom. The summed E-state index contributed by atoms with van der Waals surface area (Å²) in [6.07, 6.45) is 14.5. The Morgan fingerprint density at radius 2 is 0.446 bits per heavy atom. The van der Waals surface area contributed by atoms with Crippen molar-refractivity contribution in [1.82, 2.24) is 0 Å². The topological polar surface area (TPSA) is 401 Å². The molecule has 0 rings (SSSR count). The molecule has 0 amide bonds. The molecule has 0 aliphatic carbocycles. The van der Waals surface area contributed by atoms with Gasteiger partial charge in [-0.1, -0.05) is 96.8 Å². The van der Waals surface area contributed by atoms with E-state index >= 15 is 0 Å². The molecule has 0 aromatic heterocycles. The van der Waals surface area contributed by atoms with Crippen LogP contribution in [0.2, 0.25) is 0 Å². The van der Waals surface area contributed by atoms with Gasteiger partial charge in [0.1, 0.15) is 36.6 Å². The molecule has 0 bridgehead atoms. The van der Waals surface area contributed by atoms with Gasteiger partial charge in [-0.15, -0.1) is 0 Å². The molecule has 0 saturated carbocycles. The first-order valence-electron chi connectivity index (χ1n) is 19.2. The number of carbonyl (C=O) groups is 1. The lowest BCUT2D eigenvalue weighted by atomic mass is 10.0. The highest BCUT2D eigenvalue weighted by Crippen LogP contribution is 2.13. The first kappa shape index (κ1) is 69.4. The van der Waals surface area contributed by atoms with E-state index in [4.69, 9.17) is 97.0 Å². The highest BCUT2D eigenvalue weighted by atomic mass is 16.4. The Morgan fingerprint density at radius 1 is 0.304 bits per heavy atom. The van der Waals surface area contributed by atoms with Crippen molar-refractivity contribution in [1.29, 1.82) is 0 Å². The number of aliphatic hydroxyl groups excluding tert-OH is 18. The molecule has 0 aromatic carbocycles. The molecule has 0 aliphatic heterocycles. The maximum Gasteiger partial charge on any atom is 0.303 e. The van der Waals surface area contributed by atoms with Crippen LogP contribution in [0.15, 0.2) is 0 Å². The Balaban J connectivity index is -0.000000111. The molecule has 0 spiro atoms. The number of hydrogen-bond acceptors (Lipinski definition) is 19. The third kappa shape index (κ3) is 89.4. The molecule has 20 heteroatoms. The van der Waals surface area contributed by atoms with Crippen molar-refractivity contribution in [3.05, 3.63) is 0 Å².